The zero-order chi connectivity index (χ0) is 20.4. The van der Waals surface area contributed by atoms with Crippen molar-refractivity contribution >= 4 is 37.4 Å². The fourth-order valence-electron chi connectivity index (χ4n) is 2.52. The topological polar surface area (TPSA) is 119 Å². The highest BCUT2D eigenvalue weighted by Crippen LogP contribution is 2.33. The number of carbonyl (C=O) groups excluding carboxylic acids is 1. The average Bonchev–Trinajstić information content (AvgIpc) is 3.10. The van der Waals surface area contributed by atoms with Crippen molar-refractivity contribution in [3.05, 3.63) is 59.5 Å². The van der Waals surface area contributed by atoms with Crippen molar-refractivity contribution in [3.63, 3.8) is 0 Å². The number of aliphatic hydroxyl groups is 1. The first-order valence-corrected chi connectivity index (χ1v) is 10.7. The Morgan fingerprint density at radius 1 is 1.21 bits per heavy atom. The molecule has 3 rings (SSSR count). The smallest absolute Gasteiger partial charge is 0.255 e. The predicted octanol–water partition coefficient (Wildman–Crippen LogP) is 1.95. The summed E-state index contributed by atoms with van der Waals surface area (Å²) in [6.07, 6.45) is 0. The lowest BCUT2D eigenvalue weighted by Crippen LogP contribution is -2.38. The van der Waals surface area contributed by atoms with E-state index in [1.54, 1.807) is 6.92 Å². The summed E-state index contributed by atoms with van der Waals surface area (Å²) in [5, 5.41) is 11.8. The highest BCUT2D eigenvalue weighted by atomic mass is 32.2. The van der Waals surface area contributed by atoms with Crippen LogP contribution in [0.2, 0.25) is 0 Å². The van der Waals surface area contributed by atoms with Gasteiger partial charge in [0.1, 0.15) is 11.4 Å². The molecule has 0 spiro atoms. The fraction of sp³-hybridized carbons (Fsp3) is 0.211. The number of thiophene rings is 1. The number of primary amides is 1. The van der Waals surface area contributed by atoms with Crippen LogP contribution in [-0.2, 0) is 20.4 Å². The second kappa shape index (κ2) is 7.88. The number of hydrogen-bond acceptors (Lipinski definition) is 6. The number of nitrogens with one attached hydrogen (secondary N) is 1. The van der Waals surface area contributed by atoms with E-state index in [0.29, 0.717) is 10.6 Å². The van der Waals surface area contributed by atoms with Gasteiger partial charge in [0, 0.05) is 16.1 Å². The van der Waals surface area contributed by atoms with Crippen molar-refractivity contribution in [1.29, 1.82) is 0 Å². The van der Waals surface area contributed by atoms with Gasteiger partial charge in [-0.3, -0.25) is 4.79 Å². The molecule has 1 unspecified atom stereocenters. The zero-order valence-electron chi connectivity index (χ0n) is 15.1. The first kappa shape index (κ1) is 20.3. The lowest BCUT2D eigenvalue weighted by atomic mass is 10.1. The van der Waals surface area contributed by atoms with Crippen molar-refractivity contribution in [2.24, 2.45) is 5.73 Å². The minimum absolute atomic E-state index is 0.0195. The third-order valence-corrected chi connectivity index (χ3v) is 6.86. The number of sulfonamides is 1. The lowest BCUT2D eigenvalue weighted by Gasteiger charge is -2.22. The standard InChI is InChI=1S/C19H20N2O5S2/c1-19(23,17-10-13-4-2-3-5-16(13)27-17)12-21-28(24,25)15-8-6-14(7-9-15)26-11-18(20)22/h2-10,21,23H,11-12H2,1H3,(H2,20,22). The van der Waals surface area contributed by atoms with E-state index in [1.807, 2.05) is 30.3 Å². The first-order chi connectivity index (χ1) is 13.2. The summed E-state index contributed by atoms with van der Waals surface area (Å²) in [5.74, 6) is -0.295. The maximum Gasteiger partial charge on any atom is 0.255 e. The van der Waals surface area contributed by atoms with Gasteiger partial charge < -0.3 is 15.6 Å². The van der Waals surface area contributed by atoms with E-state index in [2.05, 4.69) is 4.72 Å². The molecule has 0 aliphatic heterocycles. The number of rotatable bonds is 8. The molecule has 0 aliphatic rings. The predicted molar refractivity (Wildman–Crippen MR) is 108 cm³/mol. The summed E-state index contributed by atoms with van der Waals surface area (Å²) in [6, 6.07) is 15.1. The molecule has 3 aromatic rings. The summed E-state index contributed by atoms with van der Waals surface area (Å²) >= 11 is 1.42. The quantitative estimate of drug-likeness (QED) is 0.515. The molecule has 1 atom stereocenters. The normalized spacial score (nSPS) is 13.9. The molecule has 2 aromatic carbocycles. The number of amides is 1. The third kappa shape index (κ3) is 4.68. The largest absolute Gasteiger partial charge is 0.484 e. The minimum atomic E-state index is -3.83. The Balaban J connectivity index is 1.70. The minimum Gasteiger partial charge on any atom is -0.484 e. The van der Waals surface area contributed by atoms with Gasteiger partial charge in [-0.2, -0.15) is 0 Å². The molecule has 148 valence electrons. The van der Waals surface area contributed by atoms with Crippen LogP contribution in [0.3, 0.4) is 0 Å². The van der Waals surface area contributed by atoms with E-state index >= 15 is 0 Å². The van der Waals surface area contributed by atoms with Gasteiger partial charge in [-0.15, -0.1) is 11.3 Å². The Morgan fingerprint density at radius 3 is 2.54 bits per heavy atom. The van der Waals surface area contributed by atoms with Crippen LogP contribution in [0.4, 0.5) is 0 Å². The fourth-order valence-corrected chi connectivity index (χ4v) is 4.76. The first-order valence-electron chi connectivity index (χ1n) is 8.40. The number of carbonyl (C=O) groups is 1. The molecule has 1 amide bonds. The van der Waals surface area contributed by atoms with Crippen LogP contribution in [0, 0.1) is 0 Å². The van der Waals surface area contributed by atoms with E-state index in [9.17, 15) is 18.3 Å². The maximum atomic E-state index is 12.5. The number of nitrogens with two attached hydrogens (primary N) is 1. The maximum absolute atomic E-state index is 12.5. The molecule has 0 radical (unpaired) electrons. The summed E-state index contributed by atoms with van der Waals surface area (Å²) in [5.41, 5.74) is 3.64. The van der Waals surface area contributed by atoms with Crippen molar-refractivity contribution in [2.45, 2.75) is 17.4 Å². The number of ether oxygens (including phenoxy) is 1. The van der Waals surface area contributed by atoms with Crippen LogP contribution < -0.4 is 15.2 Å². The summed E-state index contributed by atoms with van der Waals surface area (Å²) in [7, 11) is -3.83. The monoisotopic (exact) mass is 420 g/mol. The number of hydrogen-bond donors (Lipinski definition) is 3. The van der Waals surface area contributed by atoms with Crippen LogP contribution in [-0.4, -0.2) is 32.6 Å². The van der Waals surface area contributed by atoms with Crippen molar-refractivity contribution in [2.75, 3.05) is 13.2 Å². The van der Waals surface area contributed by atoms with Gasteiger partial charge in [-0.1, -0.05) is 18.2 Å². The summed E-state index contributed by atoms with van der Waals surface area (Å²) < 4.78 is 33.6. The molecular formula is C19H20N2O5S2. The van der Waals surface area contributed by atoms with Crippen molar-refractivity contribution < 1.29 is 23.1 Å². The van der Waals surface area contributed by atoms with Gasteiger partial charge in [0.05, 0.1) is 4.90 Å². The molecule has 0 saturated heterocycles. The molecule has 0 aliphatic carbocycles. The summed E-state index contributed by atoms with van der Waals surface area (Å²) in [4.78, 5) is 11.4. The van der Waals surface area contributed by atoms with Crippen LogP contribution in [0.1, 0.15) is 11.8 Å². The second-order valence-electron chi connectivity index (χ2n) is 6.47. The van der Waals surface area contributed by atoms with E-state index in [-0.39, 0.29) is 18.0 Å². The molecule has 28 heavy (non-hydrogen) atoms. The molecular weight excluding hydrogens is 400 g/mol. The zero-order valence-corrected chi connectivity index (χ0v) is 16.7. The Morgan fingerprint density at radius 2 is 1.89 bits per heavy atom. The second-order valence-corrected chi connectivity index (χ2v) is 9.32. The number of fused-ring (bicyclic) bond motifs is 1. The van der Waals surface area contributed by atoms with Gasteiger partial charge in [-0.25, -0.2) is 13.1 Å². The molecule has 7 nitrogen and oxygen atoms in total. The van der Waals surface area contributed by atoms with Crippen LogP contribution in [0.5, 0.6) is 5.75 Å². The van der Waals surface area contributed by atoms with Crippen LogP contribution in [0.15, 0.2) is 59.5 Å². The Hall–Kier alpha value is -2.46. The molecule has 0 saturated carbocycles. The SMILES string of the molecule is CC(O)(CNS(=O)(=O)c1ccc(OCC(N)=O)cc1)c1cc2ccccc2s1. The van der Waals surface area contributed by atoms with Crippen LogP contribution >= 0.6 is 11.3 Å². The van der Waals surface area contributed by atoms with Gasteiger partial charge in [0.2, 0.25) is 10.0 Å². The highest BCUT2D eigenvalue weighted by Gasteiger charge is 2.28. The molecule has 1 aromatic heterocycles. The molecule has 0 bridgehead atoms. The Bertz CT molecular complexity index is 1060. The van der Waals surface area contributed by atoms with Gasteiger partial charge in [-0.05, 0) is 48.7 Å². The Kier molecular flexibility index (Phi) is 5.71. The van der Waals surface area contributed by atoms with Crippen molar-refractivity contribution in [1.82, 2.24) is 4.72 Å². The van der Waals surface area contributed by atoms with E-state index in [1.165, 1.54) is 35.6 Å². The molecule has 9 heteroatoms. The van der Waals surface area contributed by atoms with Crippen LogP contribution in [0.25, 0.3) is 10.1 Å². The average molecular weight is 421 g/mol. The third-order valence-electron chi connectivity index (χ3n) is 4.08. The molecule has 1 heterocycles. The lowest BCUT2D eigenvalue weighted by molar-refractivity contribution is -0.119. The van der Waals surface area contributed by atoms with E-state index in [4.69, 9.17) is 10.5 Å². The van der Waals surface area contributed by atoms with E-state index in [0.717, 1.165) is 10.1 Å². The van der Waals surface area contributed by atoms with Gasteiger partial charge in [0.25, 0.3) is 5.91 Å². The van der Waals surface area contributed by atoms with Crippen molar-refractivity contribution in [3.8, 4) is 5.75 Å². The van der Waals surface area contributed by atoms with Gasteiger partial charge >= 0.3 is 0 Å². The molecule has 4 N–H and O–H groups in total. The van der Waals surface area contributed by atoms with E-state index < -0.39 is 21.5 Å². The highest BCUT2D eigenvalue weighted by molar-refractivity contribution is 7.89. The van der Waals surface area contributed by atoms with Gasteiger partial charge in [0.15, 0.2) is 6.61 Å². The summed E-state index contributed by atoms with van der Waals surface area (Å²) in [6.45, 7) is 1.10. The Labute approximate surface area is 166 Å². The molecule has 0 fully saturated rings. The number of benzene rings is 2.